The zero-order valence-corrected chi connectivity index (χ0v) is 10.7. The molecule has 6 nitrogen and oxygen atoms in total. The van der Waals surface area contributed by atoms with Crippen LogP contribution in [0, 0.1) is 0 Å². The molecule has 0 radical (unpaired) electrons. The molecule has 0 amide bonds. The van der Waals surface area contributed by atoms with Crippen molar-refractivity contribution in [3.8, 4) is 34.5 Å². The standard InChI is InChI=1S/C13H8ClN3O3/c14-7-4-5-9(15-6-7)12-16-13(20-17-12)8-2-1-3-10(18)11(8)19/h1-6,18-19H. The van der Waals surface area contributed by atoms with Crippen molar-refractivity contribution in [2.45, 2.75) is 0 Å². The lowest BCUT2D eigenvalue weighted by Crippen LogP contribution is -1.85. The monoisotopic (exact) mass is 289 g/mol. The molecule has 0 saturated carbocycles. The fraction of sp³-hybridized carbons (Fsp3) is 0. The molecule has 0 atom stereocenters. The number of pyridine rings is 1. The van der Waals surface area contributed by atoms with E-state index in [1.54, 1.807) is 24.3 Å². The number of halogens is 1. The van der Waals surface area contributed by atoms with Crippen molar-refractivity contribution in [3.05, 3.63) is 41.6 Å². The number of benzene rings is 1. The van der Waals surface area contributed by atoms with Crippen LogP contribution >= 0.6 is 11.6 Å². The van der Waals surface area contributed by atoms with Gasteiger partial charge in [0.25, 0.3) is 5.89 Å². The number of aromatic nitrogens is 3. The zero-order valence-electron chi connectivity index (χ0n) is 9.99. The number of para-hydroxylation sites is 1. The third-order valence-electron chi connectivity index (χ3n) is 2.63. The van der Waals surface area contributed by atoms with E-state index >= 15 is 0 Å². The van der Waals surface area contributed by atoms with Gasteiger partial charge < -0.3 is 14.7 Å². The number of phenols is 2. The molecular formula is C13H8ClN3O3. The van der Waals surface area contributed by atoms with Crippen LogP contribution in [-0.4, -0.2) is 25.3 Å². The predicted octanol–water partition coefficient (Wildman–Crippen LogP) is 2.86. The summed E-state index contributed by atoms with van der Waals surface area (Å²) >= 11 is 5.75. The summed E-state index contributed by atoms with van der Waals surface area (Å²) in [6.07, 6.45) is 1.47. The molecule has 0 fully saturated rings. The average molecular weight is 290 g/mol. The SMILES string of the molecule is Oc1cccc(-c2nc(-c3ccc(Cl)cn3)no2)c1O. The second-order valence-electron chi connectivity index (χ2n) is 3.96. The number of rotatable bonds is 2. The van der Waals surface area contributed by atoms with E-state index in [0.717, 1.165) is 0 Å². The molecular weight excluding hydrogens is 282 g/mol. The van der Waals surface area contributed by atoms with Gasteiger partial charge in [0, 0.05) is 6.20 Å². The zero-order chi connectivity index (χ0) is 14.1. The van der Waals surface area contributed by atoms with Crippen molar-refractivity contribution in [3.63, 3.8) is 0 Å². The molecule has 2 aromatic heterocycles. The first-order valence-electron chi connectivity index (χ1n) is 5.62. The van der Waals surface area contributed by atoms with Gasteiger partial charge in [-0.3, -0.25) is 4.98 Å². The van der Waals surface area contributed by atoms with Crippen LogP contribution in [0.25, 0.3) is 23.0 Å². The fourth-order valence-electron chi connectivity index (χ4n) is 1.65. The molecule has 2 heterocycles. The number of hydrogen-bond donors (Lipinski definition) is 2. The average Bonchev–Trinajstić information content (AvgIpc) is 2.92. The Morgan fingerprint density at radius 2 is 1.95 bits per heavy atom. The van der Waals surface area contributed by atoms with Gasteiger partial charge in [-0.05, 0) is 24.3 Å². The van der Waals surface area contributed by atoms with E-state index in [9.17, 15) is 10.2 Å². The first-order valence-corrected chi connectivity index (χ1v) is 6.00. The highest BCUT2D eigenvalue weighted by Crippen LogP contribution is 2.35. The van der Waals surface area contributed by atoms with Crippen LogP contribution < -0.4 is 0 Å². The summed E-state index contributed by atoms with van der Waals surface area (Å²) in [5.41, 5.74) is 0.738. The highest BCUT2D eigenvalue weighted by atomic mass is 35.5. The molecule has 3 rings (SSSR count). The van der Waals surface area contributed by atoms with Gasteiger partial charge in [0.1, 0.15) is 5.69 Å². The summed E-state index contributed by atoms with van der Waals surface area (Å²) in [6, 6.07) is 7.79. The number of hydrogen-bond acceptors (Lipinski definition) is 6. The van der Waals surface area contributed by atoms with E-state index in [-0.39, 0.29) is 28.8 Å². The molecule has 3 aromatic rings. The maximum Gasteiger partial charge on any atom is 0.262 e. The minimum Gasteiger partial charge on any atom is -0.504 e. The van der Waals surface area contributed by atoms with Gasteiger partial charge in [-0.1, -0.05) is 22.8 Å². The summed E-state index contributed by atoms with van der Waals surface area (Å²) in [4.78, 5) is 8.19. The minimum absolute atomic E-state index is 0.0881. The first-order chi connectivity index (χ1) is 9.65. The maximum absolute atomic E-state index is 9.76. The lowest BCUT2D eigenvalue weighted by Gasteiger charge is -2.00. The fourth-order valence-corrected chi connectivity index (χ4v) is 1.76. The lowest BCUT2D eigenvalue weighted by molar-refractivity contribution is 0.397. The molecule has 0 aliphatic rings. The molecule has 0 aliphatic carbocycles. The van der Waals surface area contributed by atoms with Crippen LogP contribution in [0.2, 0.25) is 5.02 Å². The van der Waals surface area contributed by atoms with Crippen molar-refractivity contribution >= 4 is 11.6 Å². The molecule has 0 bridgehead atoms. The van der Waals surface area contributed by atoms with Gasteiger partial charge >= 0.3 is 0 Å². The largest absolute Gasteiger partial charge is 0.504 e. The summed E-state index contributed by atoms with van der Waals surface area (Å²) in [6.45, 7) is 0. The number of phenolic OH excluding ortho intramolecular Hbond substituents is 2. The van der Waals surface area contributed by atoms with E-state index in [2.05, 4.69) is 15.1 Å². The number of aromatic hydroxyl groups is 2. The quantitative estimate of drug-likeness (QED) is 0.705. The van der Waals surface area contributed by atoms with E-state index < -0.39 is 0 Å². The van der Waals surface area contributed by atoms with Crippen molar-refractivity contribution in [1.29, 1.82) is 0 Å². The smallest absolute Gasteiger partial charge is 0.262 e. The van der Waals surface area contributed by atoms with Gasteiger partial charge in [0.2, 0.25) is 5.82 Å². The highest BCUT2D eigenvalue weighted by molar-refractivity contribution is 6.30. The Hall–Kier alpha value is -2.60. The van der Waals surface area contributed by atoms with Crippen LogP contribution in [-0.2, 0) is 0 Å². The molecule has 1 aromatic carbocycles. The van der Waals surface area contributed by atoms with Gasteiger partial charge in [0.15, 0.2) is 11.5 Å². The maximum atomic E-state index is 9.76. The van der Waals surface area contributed by atoms with E-state index in [1.807, 2.05) is 0 Å². The second-order valence-corrected chi connectivity index (χ2v) is 4.39. The summed E-state index contributed by atoms with van der Waals surface area (Å²) in [5.74, 6) is -0.219. The molecule has 20 heavy (non-hydrogen) atoms. The van der Waals surface area contributed by atoms with Gasteiger partial charge in [0.05, 0.1) is 10.6 Å². The molecule has 0 aliphatic heterocycles. The predicted molar refractivity (Wildman–Crippen MR) is 71.3 cm³/mol. The number of nitrogens with zero attached hydrogens (tertiary/aromatic N) is 3. The molecule has 0 unspecified atom stereocenters. The molecule has 7 heteroatoms. The Bertz CT molecular complexity index is 756. The Morgan fingerprint density at radius 1 is 1.10 bits per heavy atom. The molecule has 0 saturated heterocycles. The lowest BCUT2D eigenvalue weighted by atomic mass is 10.2. The molecule has 0 spiro atoms. The van der Waals surface area contributed by atoms with Crippen LogP contribution in [0.15, 0.2) is 41.1 Å². The van der Waals surface area contributed by atoms with Crippen LogP contribution in [0.5, 0.6) is 11.5 Å². The molecule has 2 N–H and O–H groups in total. The minimum atomic E-state index is -0.313. The second kappa shape index (κ2) is 4.82. The van der Waals surface area contributed by atoms with Crippen LogP contribution in [0.3, 0.4) is 0 Å². The van der Waals surface area contributed by atoms with Crippen molar-refractivity contribution < 1.29 is 14.7 Å². The van der Waals surface area contributed by atoms with Crippen LogP contribution in [0.4, 0.5) is 0 Å². The Morgan fingerprint density at radius 3 is 2.70 bits per heavy atom. The first kappa shape index (κ1) is 12.4. The van der Waals surface area contributed by atoms with Gasteiger partial charge in [-0.15, -0.1) is 0 Å². The highest BCUT2D eigenvalue weighted by Gasteiger charge is 2.16. The summed E-state index contributed by atoms with van der Waals surface area (Å²) < 4.78 is 5.07. The van der Waals surface area contributed by atoms with Gasteiger partial charge in [-0.25, -0.2) is 0 Å². The van der Waals surface area contributed by atoms with Crippen molar-refractivity contribution in [1.82, 2.24) is 15.1 Å². The third kappa shape index (κ3) is 2.17. The van der Waals surface area contributed by atoms with Crippen LogP contribution in [0.1, 0.15) is 0 Å². The Kier molecular flexibility index (Phi) is 3.00. The summed E-state index contributed by atoms with van der Waals surface area (Å²) in [5, 5.41) is 23.5. The van der Waals surface area contributed by atoms with Crippen molar-refractivity contribution in [2.75, 3.05) is 0 Å². The summed E-state index contributed by atoms with van der Waals surface area (Å²) in [7, 11) is 0. The van der Waals surface area contributed by atoms with E-state index in [4.69, 9.17) is 16.1 Å². The third-order valence-corrected chi connectivity index (χ3v) is 2.85. The Balaban J connectivity index is 2.02. The Labute approximate surface area is 118 Å². The topological polar surface area (TPSA) is 92.3 Å². The normalized spacial score (nSPS) is 10.7. The van der Waals surface area contributed by atoms with E-state index in [0.29, 0.717) is 10.7 Å². The van der Waals surface area contributed by atoms with Gasteiger partial charge in [-0.2, -0.15) is 4.98 Å². The van der Waals surface area contributed by atoms with Crippen molar-refractivity contribution in [2.24, 2.45) is 0 Å². The van der Waals surface area contributed by atoms with E-state index in [1.165, 1.54) is 12.3 Å². The molecule has 100 valence electrons.